The van der Waals surface area contributed by atoms with Crippen molar-refractivity contribution in [1.82, 2.24) is 9.78 Å². The quantitative estimate of drug-likeness (QED) is 0.744. The van der Waals surface area contributed by atoms with Crippen LogP contribution in [-0.4, -0.2) is 30.8 Å². The van der Waals surface area contributed by atoms with E-state index in [1.807, 2.05) is 12.3 Å². The van der Waals surface area contributed by atoms with Crippen molar-refractivity contribution in [3.63, 3.8) is 0 Å². The maximum absolute atomic E-state index is 6.50. The van der Waals surface area contributed by atoms with Crippen molar-refractivity contribution >= 4 is 25.3 Å². The van der Waals surface area contributed by atoms with Crippen LogP contribution < -0.4 is 4.74 Å². The molecule has 0 bridgehead atoms. The van der Waals surface area contributed by atoms with Crippen molar-refractivity contribution in [3.8, 4) is 5.75 Å². The number of rotatable bonds is 4. The normalized spacial score (nSPS) is 16.1. The summed E-state index contributed by atoms with van der Waals surface area (Å²) in [5, 5.41) is 5.95. The largest absolute Gasteiger partial charge is 0.489 e. The summed E-state index contributed by atoms with van der Waals surface area (Å²) in [7, 11) is -1.78. The van der Waals surface area contributed by atoms with Gasteiger partial charge in [0.15, 0.2) is 8.32 Å². The summed E-state index contributed by atoms with van der Waals surface area (Å²) >= 11 is 0. The standard InChI is InChI=1S/C19H28N2O2Si/c1-14(23-24(5,6)19(2,3)4)13-21-18-15(12-20-21)9-10-17-16(18)8-7-11-22-17/h7-10,12,14H,11,13H2,1-6H3/t14-/m1/s1. The van der Waals surface area contributed by atoms with Crippen molar-refractivity contribution in [2.24, 2.45) is 0 Å². The Balaban J connectivity index is 1.87. The third-order valence-electron chi connectivity index (χ3n) is 5.15. The van der Waals surface area contributed by atoms with Crippen molar-refractivity contribution in [1.29, 1.82) is 0 Å². The maximum Gasteiger partial charge on any atom is 0.192 e. The zero-order valence-electron chi connectivity index (χ0n) is 15.6. The lowest BCUT2D eigenvalue weighted by Gasteiger charge is -2.38. The highest BCUT2D eigenvalue weighted by Gasteiger charge is 2.38. The highest BCUT2D eigenvalue weighted by atomic mass is 28.4. The van der Waals surface area contributed by atoms with Crippen LogP contribution in [0.1, 0.15) is 33.3 Å². The molecule has 3 rings (SSSR count). The van der Waals surface area contributed by atoms with Gasteiger partial charge in [0, 0.05) is 10.9 Å². The summed E-state index contributed by atoms with van der Waals surface area (Å²) in [6.07, 6.45) is 6.24. The molecule has 130 valence electrons. The molecule has 1 aromatic heterocycles. The SMILES string of the molecule is C[C@H](Cn1ncc2ccc3c(c21)C=CCO3)O[Si](C)(C)C(C)(C)C. The topological polar surface area (TPSA) is 36.3 Å². The molecular weight excluding hydrogens is 316 g/mol. The predicted molar refractivity (Wildman–Crippen MR) is 102 cm³/mol. The number of aromatic nitrogens is 2. The van der Waals surface area contributed by atoms with Crippen LogP contribution in [0.25, 0.3) is 17.0 Å². The van der Waals surface area contributed by atoms with E-state index < -0.39 is 8.32 Å². The van der Waals surface area contributed by atoms with Gasteiger partial charge < -0.3 is 9.16 Å². The number of hydrogen-bond acceptors (Lipinski definition) is 3. The summed E-state index contributed by atoms with van der Waals surface area (Å²) in [4.78, 5) is 0. The Kier molecular flexibility index (Phi) is 4.34. The third kappa shape index (κ3) is 3.15. The molecule has 5 heteroatoms. The fourth-order valence-corrected chi connectivity index (χ4v) is 4.31. The molecule has 1 aliphatic heterocycles. The van der Waals surface area contributed by atoms with Crippen LogP contribution in [0.4, 0.5) is 0 Å². The van der Waals surface area contributed by atoms with Crippen LogP contribution in [0.2, 0.25) is 18.1 Å². The lowest BCUT2D eigenvalue weighted by atomic mass is 10.1. The molecule has 2 aromatic rings. The Morgan fingerprint density at radius 3 is 2.79 bits per heavy atom. The average Bonchev–Trinajstić information content (AvgIpc) is 2.89. The third-order valence-corrected chi connectivity index (χ3v) is 9.76. The Bertz CT molecular complexity index is 772. The van der Waals surface area contributed by atoms with E-state index in [1.54, 1.807) is 0 Å². The molecular formula is C19H28N2O2Si. The molecule has 2 heterocycles. The zero-order valence-corrected chi connectivity index (χ0v) is 16.6. The zero-order chi connectivity index (χ0) is 17.5. The monoisotopic (exact) mass is 344 g/mol. The van der Waals surface area contributed by atoms with Gasteiger partial charge in [-0.25, -0.2) is 0 Å². The van der Waals surface area contributed by atoms with Gasteiger partial charge in [-0.3, -0.25) is 4.68 Å². The first-order valence-corrected chi connectivity index (χ1v) is 11.6. The highest BCUT2D eigenvalue weighted by Crippen LogP contribution is 2.37. The fourth-order valence-electron chi connectivity index (χ4n) is 2.88. The van der Waals surface area contributed by atoms with E-state index in [4.69, 9.17) is 9.16 Å². The van der Waals surface area contributed by atoms with Crippen LogP contribution in [0.3, 0.4) is 0 Å². The predicted octanol–water partition coefficient (Wildman–Crippen LogP) is 4.85. The van der Waals surface area contributed by atoms with Gasteiger partial charge in [0.1, 0.15) is 12.4 Å². The second-order valence-corrected chi connectivity index (χ2v) is 12.9. The van der Waals surface area contributed by atoms with Gasteiger partial charge in [0.2, 0.25) is 0 Å². The lowest BCUT2D eigenvalue weighted by molar-refractivity contribution is 0.176. The maximum atomic E-state index is 6.50. The summed E-state index contributed by atoms with van der Waals surface area (Å²) < 4.78 is 14.3. The first kappa shape index (κ1) is 17.2. The summed E-state index contributed by atoms with van der Waals surface area (Å²) in [5.74, 6) is 0.935. The van der Waals surface area contributed by atoms with Crippen molar-refractivity contribution < 1.29 is 9.16 Å². The number of hydrogen-bond donors (Lipinski definition) is 0. The Hall–Kier alpha value is -1.59. The van der Waals surface area contributed by atoms with E-state index in [9.17, 15) is 0 Å². The Morgan fingerprint density at radius 1 is 1.33 bits per heavy atom. The molecule has 0 amide bonds. The molecule has 24 heavy (non-hydrogen) atoms. The van der Waals surface area contributed by atoms with Gasteiger partial charge in [-0.15, -0.1) is 0 Å². The second-order valence-electron chi connectivity index (χ2n) is 8.14. The molecule has 1 aromatic carbocycles. The van der Waals surface area contributed by atoms with Crippen molar-refractivity contribution in [3.05, 3.63) is 30.0 Å². The Morgan fingerprint density at radius 2 is 2.08 bits per heavy atom. The molecule has 0 unspecified atom stereocenters. The van der Waals surface area contributed by atoms with Gasteiger partial charge in [-0.1, -0.05) is 20.8 Å². The fraction of sp³-hybridized carbons (Fsp3) is 0.526. The van der Waals surface area contributed by atoms with E-state index in [1.165, 1.54) is 0 Å². The molecule has 0 N–H and O–H groups in total. The van der Waals surface area contributed by atoms with E-state index in [0.717, 1.165) is 28.8 Å². The molecule has 0 spiro atoms. The highest BCUT2D eigenvalue weighted by molar-refractivity contribution is 6.74. The van der Waals surface area contributed by atoms with Crippen LogP contribution in [0, 0.1) is 0 Å². The van der Waals surface area contributed by atoms with Gasteiger partial charge in [0.05, 0.1) is 24.4 Å². The molecule has 0 radical (unpaired) electrons. The van der Waals surface area contributed by atoms with Crippen LogP contribution in [0.15, 0.2) is 24.4 Å². The Labute approximate surface area is 145 Å². The summed E-state index contributed by atoms with van der Waals surface area (Å²) in [6.45, 7) is 14.9. The molecule has 0 aliphatic carbocycles. The molecule has 4 nitrogen and oxygen atoms in total. The summed E-state index contributed by atoms with van der Waals surface area (Å²) in [5.41, 5.74) is 2.25. The molecule has 1 aliphatic rings. The average molecular weight is 345 g/mol. The van der Waals surface area contributed by atoms with E-state index in [2.05, 4.69) is 68.8 Å². The first-order chi connectivity index (χ1) is 11.2. The van der Waals surface area contributed by atoms with Gasteiger partial charge in [-0.05, 0) is 49.3 Å². The minimum atomic E-state index is -1.78. The van der Waals surface area contributed by atoms with E-state index in [0.29, 0.717) is 6.61 Å². The van der Waals surface area contributed by atoms with Gasteiger partial charge >= 0.3 is 0 Å². The summed E-state index contributed by atoms with van der Waals surface area (Å²) in [6, 6.07) is 4.11. The smallest absolute Gasteiger partial charge is 0.192 e. The molecule has 0 saturated heterocycles. The first-order valence-electron chi connectivity index (χ1n) is 8.65. The van der Waals surface area contributed by atoms with Crippen molar-refractivity contribution in [2.45, 2.75) is 58.5 Å². The molecule has 0 fully saturated rings. The number of benzene rings is 1. The number of nitrogens with zero attached hydrogens (tertiary/aromatic N) is 2. The number of ether oxygens (including phenoxy) is 1. The van der Waals surface area contributed by atoms with E-state index >= 15 is 0 Å². The van der Waals surface area contributed by atoms with Crippen molar-refractivity contribution in [2.75, 3.05) is 6.61 Å². The lowest BCUT2D eigenvalue weighted by Crippen LogP contribution is -2.44. The van der Waals surface area contributed by atoms with Crippen LogP contribution in [-0.2, 0) is 11.0 Å². The minimum Gasteiger partial charge on any atom is -0.489 e. The van der Waals surface area contributed by atoms with E-state index in [-0.39, 0.29) is 11.1 Å². The van der Waals surface area contributed by atoms with Crippen LogP contribution in [0.5, 0.6) is 5.75 Å². The second kappa shape index (κ2) is 6.04. The minimum absolute atomic E-state index is 0.123. The molecule has 0 saturated carbocycles. The van der Waals surface area contributed by atoms with Gasteiger partial charge in [-0.2, -0.15) is 5.10 Å². The van der Waals surface area contributed by atoms with Crippen LogP contribution >= 0.6 is 0 Å². The number of fused-ring (bicyclic) bond motifs is 3. The molecule has 1 atom stereocenters. The van der Waals surface area contributed by atoms with Gasteiger partial charge in [0.25, 0.3) is 0 Å².